The molecule has 0 bridgehead atoms. The molecule has 4 aromatic carbocycles. The number of carbonyl (C=O) groups excluding carboxylic acids is 7. The number of methoxy groups -OCH3 is 2. The van der Waals surface area contributed by atoms with Crippen molar-refractivity contribution in [1.82, 2.24) is 34.2 Å². The van der Waals surface area contributed by atoms with Gasteiger partial charge in [-0.25, -0.2) is 9.97 Å². The van der Waals surface area contributed by atoms with Crippen LogP contribution in [0.2, 0.25) is 0 Å². The minimum Gasteiger partial charge on any atom is -0.493 e. The Balaban J connectivity index is 0.886. The third kappa shape index (κ3) is 18.4. The van der Waals surface area contributed by atoms with Gasteiger partial charge in [0.2, 0.25) is 12.4 Å². The summed E-state index contributed by atoms with van der Waals surface area (Å²) < 4.78 is 106. The number of nitrogens with one attached hydrogen (secondary N) is 1. The van der Waals surface area contributed by atoms with Crippen molar-refractivity contribution in [2.45, 2.75) is 110 Å². The lowest BCUT2D eigenvalue weighted by atomic mass is 9.98. The van der Waals surface area contributed by atoms with Crippen LogP contribution < -0.4 is 37.4 Å². The van der Waals surface area contributed by atoms with E-state index in [0.717, 1.165) is 56.5 Å². The number of aliphatic imine (C=N–C) groups is 2. The molecule has 5 aliphatic heterocycles. The van der Waals surface area contributed by atoms with Gasteiger partial charge in [0.05, 0.1) is 126 Å². The number of aromatic nitrogens is 4. The number of aryl methyl sites for hydroxylation is 2. The quantitative estimate of drug-likeness (QED) is 0.0136. The Kier molecular flexibility index (Phi) is 24.6. The predicted octanol–water partition coefficient (Wildman–Crippen LogP) is 5.48. The van der Waals surface area contributed by atoms with E-state index in [1.807, 2.05) is 23.2 Å². The predicted molar refractivity (Wildman–Crippen MR) is 366 cm³/mol. The van der Waals surface area contributed by atoms with E-state index in [1.165, 1.54) is 38.5 Å². The summed E-state index contributed by atoms with van der Waals surface area (Å²) in [5.74, 6) is -4.80. The van der Waals surface area contributed by atoms with Gasteiger partial charge in [-0.15, -0.1) is 0 Å². The van der Waals surface area contributed by atoms with E-state index in [4.69, 9.17) is 85.5 Å². The van der Waals surface area contributed by atoms with Crippen molar-refractivity contribution in [2.75, 3.05) is 73.6 Å². The molecule has 7 heterocycles. The molecule has 6 aromatic rings. The van der Waals surface area contributed by atoms with Crippen LogP contribution in [-0.2, 0) is 122 Å². The van der Waals surface area contributed by atoms with Crippen LogP contribution in [0.5, 0.6) is 40.2 Å². The van der Waals surface area contributed by atoms with Crippen molar-refractivity contribution in [3.05, 3.63) is 134 Å². The van der Waals surface area contributed by atoms with Crippen molar-refractivity contribution < 1.29 is 108 Å². The van der Waals surface area contributed by atoms with E-state index >= 15 is 0 Å². The number of imidazole rings is 2. The summed E-state index contributed by atoms with van der Waals surface area (Å²) in [5.41, 5.74) is 13.9. The minimum atomic E-state index is -2.90. The minimum absolute atomic E-state index is 0.00121. The fourth-order valence-corrected chi connectivity index (χ4v) is 12.8. The maximum Gasteiger partial charge on any atom is 0.417 e. The first kappa shape index (κ1) is 75.0. The highest BCUT2D eigenvalue weighted by atomic mass is 32.2. The molecular formula is C69H76N12O23S. The van der Waals surface area contributed by atoms with Gasteiger partial charge in [0.1, 0.15) is 31.7 Å². The Morgan fingerprint density at radius 2 is 1.16 bits per heavy atom. The zero-order valence-electron chi connectivity index (χ0n) is 58.4. The molecule has 35 nitrogen and oxygen atoms in total. The number of rotatable bonds is 32. The topological polar surface area (TPSA) is 403 Å². The first-order valence-corrected chi connectivity index (χ1v) is 34.1. The Bertz CT molecular complexity index is 4240. The number of azide groups is 1. The number of esters is 4. The summed E-state index contributed by atoms with van der Waals surface area (Å²) >= 11 is -2.90. The molecular weight excluding hydrogens is 1400 g/mol. The number of nitrogens with zero attached hydrogens (tertiary/aromatic N) is 11. The van der Waals surface area contributed by atoms with Crippen LogP contribution in [0, 0.1) is 0 Å². The smallest absolute Gasteiger partial charge is 0.417 e. The normalized spacial score (nSPS) is 19.2. The van der Waals surface area contributed by atoms with Crippen LogP contribution in [0.4, 0.5) is 11.4 Å². The lowest BCUT2D eigenvalue weighted by Gasteiger charge is -2.43. The van der Waals surface area contributed by atoms with E-state index in [0.29, 0.717) is 35.3 Å². The number of ether oxygens (including phenoxy) is 13. The zero-order valence-corrected chi connectivity index (χ0v) is 59.3. The van der Waals surface area contributed by atoms with Crippen LogP contribution in [0.3, 0.4) is 0 Å². The number of fused-ring (bicyclic) bond motifs is 6. The fraction of sp³-hybridized carbons (Fsp3) is 0.435. The maximum absolute atomic E-state index is 14.7. The van der Waals surface area contributed by atoms with Gasteiger partial charge in [0.25, 0.3) is 17.7 Å². The van der Waals surface area contributed by atoms with E-state index < -0.39 is 84.2 Å². The Morgan fingerprint density at radius 1 is 0.629 bits per heavy atom. The summed E-state index contributed by atoms with van der Waals surface area (Å²) in [6.45, 7) is 5.14. The molecule has 4 unspecified atom stereocenters. The molecule has 8 atom stereocenters. The van der Waals surface area contributed by atoms with Crippen molar-refractivity contribution in [1.29, 1.82) is 0 Å². The van der Waals surface area contributed by atoms with Crippen LogP contribution in [-0.4, -0.2) is 203 Å². The van der Waals surface area contributed by atoms with Crippen molar-refractivity contribution in [3.63, 3.8) is 0 Å². The summed E-state index contributed by atoms with van der Waals surface area (Å²) in [4.78, 5) is 118. The van der Waals surface area contributed by atoms with Crippen LogP contribution in [0.1, 0.15) is 92.7 Å². The molecule has 11 rings (SSSR count). The lowest BCUT2D eigenvalue weighted by Crippen LogP contribution is -2.63. The van der Waals surface area contributed by atoms with Gasteiger partial charge < -0.3 is 94.2 Å². The van der Waals surface area contributed by atoms with Gasteiger partial charge in [-0.05, 0) is 65.2 Å². The Morgan fingerprint density at radius 3 is 1.70 bits per heavy atom. The number of benzene rings is 4. The highest BCUT2D eigenvalue weighted by Gasteiger charge is 2.54. The fourth-order valence-electron chi connectivity index (χ4n) is 12.2. The standard InChI is InChI=1S/C69H76N12O23S/c1-38(82)95-35-62-63(98-39(2)83)64(99-40(3)84)65(100-41(4)85)69(102-62)101-56-10-9-44(66(86)71-11-13-92-15-17-94-18-16-93-14-12-76-77-70)22-61(56)104-105(89)103-47-20-42(33-96-59-27-50-48(25-57(59)90-7)67(87)80-31-52-54(78(5)36-74-52)23-45(80)29-72-50)19-43(21-47)34-97-60-28-51-49(26-58(60)91-8)68(88)81-32-53-55(79(6)37-75-53)24-46(81)30-73-51/h9-10,19-22,25-30,36-37,45-46,62-65,69H,11-18,23-24,31-35H2,1-8H3,(H,71,86)/t45?,46?,62?,63-,64-,65+,69+,105?/m0/s1. The van der Waals surface area contributed by atoms with Gasteiger partial charge in [0.15, 0.2) is 46.7 Å². The second-order valence-corrected chi connectivity index (χ2v) is 25.1. The third-order valence-electron chi connectivity index (χ3n) is 17.1. The largest absolute Gasteiger partial charge is 0.493 e. The SMILES string of the molecule is COc1cc2c(cc1OCc1cc(COc3cc4c(cc3OC)C(=O)N3Cc5ncn(C)c5CC3C=N4)cc(OS(=O)Oc3cc(C(=O)NCCOCCOCCOCCN=[N+]=[N-])ccc3O[C@@H]3OC(COC(C)=O)[C@H](OC(C)=O)[C@H](OC(C)=O)[C@H]3OC(C)=O)c1)N=CC1Cc3c(ncn3C)CN1C2=O. The monoisotopic (exact) mass is 1470 g/mol. The van der Waals surface area contributed by atoms with Gasteiger partial charge in [-0.1, -0.05) is 5.11 Å². The zero-order chi connectivity index (χ0) is 74.4. The molecule has 0 aliphatic carbocycles. The molecule has 36 heteroatoms. The Hall–Kier alpha value is -11.2. The first-order chi connectivity index (χ1) is 50.6. The van der Waals surface area contributed by atoms with E-state index in [-0.39, 0.29) is 154 Å². The molecule has 0 radical (unpaired) electrons. The summed E-state index contributed by atoms with van der Waals surface area (Å²) in [6.07, 6.45) is -0.340. The number of hydrogen-bond acceptors (Lipinski definition) is 28. The summed E-state index contributed by atoms with van der Waals surface area (Å²) in [7, 11) is 6.66. The second kappa shape index (κ2) is 34.4. The summed E-state index contributed by atoms with van der Waals surface area (Å²) in [5, 5.41) is 6.13. The third-order valence-corrected chi connectivity index (χ3v) is 17.7. The van der Waals surface area contributed by atoms with E-state index in [1.54, 1.807) is 65.2 Å². The number of hydrogen-bond donors (Lipinski definition) is 1. The van der Waals surface area contributed by atoms with Crippen molar-refractivity contribution in [2.24, 2.45) is 29.2 Å². The molecule has 556 valence electrons. The number of amides is 3. The second-order valence-electron chi connectivity index (χ2n) is 24.3. The van der Waals surface area contributed by atoms with Crippen molar-refractivity contribution in [3.8, 4) is 40.2 Å². The first-order valence-electron chi connectivity index (χ1n) is 33.1. The molecule has 2 aromatic heterocycles. The molecule has 0 saturated carbocycles. The van der Waals surface area contributed by atoms with Gasteiger partial charge in [-0.2, -0.15) is 4.21 Å². The molecule has 1 N–H and O–H groups in total. The molecule has 105 heavy (non-hydrogen) atoms. The molecule has 3 amide bonds. The van der Waals surface area contributed by atoms with E-state index in [9.17, 15) is 37.8 Å². The van der Waals surface area contributed by atoms with E-state index in [2.05, 4.69) is 25.3 Å². The molecule has 5 aliphatic rings. The highest BCUT2D eigenvalue weighted by molar-refractivity contribution is 7.76. The highest BCUT2D eigenvalue weighted by Crippen LogP contribution is 2.42. The summed E-state index contributed by atoms with van der Waals surface area (Å²) in [6, 6.07) is 14.0. The van der Waals surface area contributed by atoms with Gasteiger partial charge in [-0.3, -0.25) is 43.5 Å². The maximum atomic E-state index is 14.7. The molecule has 1 fully saturated rings. The van der Waals surface area contributed by atoms with Crippen molar-refractivity contribution >= 4 is 76.8 Å². The Labute approximate surface area is 603 Å². The van der Waals surface area contributed by atoms with Gasteiger partial charge >= 0.3 is 35.2 Å². The average molecular weight is 1470 g/mol. The molecule has 0 spiro atoms. The molecule has 1 saturated heterocycles. The lowest BCUT2D eigenvalue weighted by molar-refractivity contribution is -0.288. The average Bonchev–Trinajstić information content (AvgIpc) is 1.71. The van der Waals surface area contributed by atoms with Crippen LogP contribution >= 0.6 is 0 Å². The number of carbonyl (C=O) groups is 7. The van der Waals surface area contributed by atoms with Crippen LogP contribution in [0.15, 0.2) is 88.4 Å². The van der Waals surface area contributed by atoms with Gasteiger partial charge in [0, 0.05) is 114 Å². The van der Waals surface area contributed by atoms with Crippen LogP contribution in [0.25, 0.3) is 10.4 Å².